The fourth-order valence-corrected chi connectivity index (χ4v) is 3.79. The number of aromatic nitrogens is 3. The molecule has 2 heterocycles. The number of Topliss-reactive ketones (excluding diaryl/α,β-unsaturated/α-hetero) is 1. The number of nitrogens with zero attached hydrogens (tertiary/aromatic N) is 3. The topological polar surface area (TPSA) is 76.9 Å². The Kier molecular flexibility index (Phi) is 5.79. The lowest BCUT2D eigenvalue weighted by Gasteiger charge is -2.20. The molecule has 1 N–H and O–H groups in total. The average Bonchev–Trinajstić information content (AvgIpc) is 2.98. The van der Waals surface area contributed by atoms with Crippen molar-refractivity contribution in [2.45, 2.75) is 66.8 Å². The van der Waals surface area contributed by atoms with Crippen LogP contribution < -0.4 is 5.32 Å². The minimum atomic E-state index is -0.155. The van der Waals surface area contributed by atoms with Gasteiger partial charge < -0.3 is 5.32 Å². The monoisotopic (exact) mass is 406 g/mol. The Labute approximate surface area is 177 Å². The molecule has 0 unspecified atom stereocenters. The van der Waals surface area contributed by atoms with E-state index in [0.29, 0.717) is 24.1 Å². The van der Waals surface area contributed by atoms with Crippen molar-refractivity contribution in [1.82, 2.24) is 14.8 Å². The summed E-state index contributed by atoms with van der Waals surface area (Å²) in [4.78, 5) is 28.7. The highest BCUT2D eigenvalue weighted by molar-refractivity contribution is 5.95. The van der Waals surface area contributed by atoms with E-state index in [-0.39, 0.29) is 17.2 Å². The molecule has 1 amide bonds. The van der Waals surface area contributed by atoms with Gasteiger partial charge in [0, 0.05) is 28.8 Å². The zero-order valence-electron chi connectivity index (χ0n) is 18.9. The van der Waals surface area contributed by atoms with Gasteiger partial charge in [0.1, 0.15) is 0 Å². The predicted octanol–water partition coefficient (Wildman–Crippen LogP) is 4.89. The van der Waals surface area contributed by atoms with Crippen LogP contribution in [0.5, 0.6) is 0 Å². The molecule has 6 nitrogen and oxygen atoms in total. The van der Waals surface area contributed by atoms with Crippen molar-refractivity contribution in [3.8, 4) is 0 Å². The molecule has 0 spiro atoms. The maximum atomic E-state index is 12.5. The first-order chi connectivity index (χ1) is 14.0. The summed E-state index contributed by atoms with van der Waals surface area (Å²) in [5.74, 6) is -0.0571. The van der Waals surface area contributed by atoms with Gasteiger partial charge in [-0.2, -0.15) is 5.10 Å². The van der Waals surface area contributed by atoms with Crippen LogP contribution in [0, 0.1) is 20.8 Å². The number of anilines is 1. The average molecular weight is 407 g/mol. The normalized spacial score (nSPS) is 11.7. The van der Waals surface area contributed by atoms with Gasteiger partial charge in [-0.05, 0) is 90.3 Å². The largest absolute Gasteiger partial charge is 0.326 e. The fraction of sp³-hybridized carbons (Fsp3) is 0.417. The molecule has 3 rings (SSSR count). The number of nitrogens with one attached hydrogen (secondary N) is 1. The third kappa shape index (κ3) is 4.27. The van der Waals surface area contributed by atoms with Crippen molar-refractivity contribution in [3.05, 3.63) is 52.3 Å². The summed E-state index contributed by atoms with van der Waals surface area (Å²) in [6.07, 6.45) is 0.966. The summed E-state index contributed by atoms with van der Waals surface area (Å²) in [6.45, 7) is 14.0. The smallest absolute Gasteiger partial charge is 0.224 e. The van der Waals surface area contributed by atoms with Crippen molar-refractivity contribution in [3.63, 3.8) is 0 Å². The molecule has 0 radical (unpaired) electrons. The van der Waals surface area contributed by atoms with E-state index in [4.69, 9.17) is 10.1 Å². The molecule has 2 aromatic heterocycles. The van der Waals surface area contributed by atoms with Crippen LogP contribution in [0.25, 0.3) is 11.0 Å². The highest BCUT2D eigenvalue weighted by Crippen LogP contribution is 2.29. The predicted molar refractivity (Wildman–Crippen MR) is 120 cm³/mol. The number of pyridine rings is 1. The number of ketones is 1. The lowest BCUT2D eigenvalue weighted by atomic mass is 9.99. The van der Waals surface area contributed by atoms with Crippen LogP contribution in [-0.2, 0) is 16.8 Å². The van der Waals surface area contributed by atoms with Gasteiger partial charge in [-0.25, -0.2) is 9.67 Å². The standard InChI is InChI=1S/C24H30N4O2/c1-14-20(12-13-21(30)26-19-10-8-18(9-11-19)17(4)29)15(2)25-23-22(14)16(3)27-28(23)24(5,6)7/h8-11H,12-13H2,1-7H3,(H,26,30). The maximum absolute atomic E-state index is 12.5. The molecule has 30 heavy (non-hydrogen) atoms. The van der Waals surface area contributed by atoms with Crippen molar-refractivity contribution >= 4 is 28.4 Å². The first-order valence-electron chi connectivity index (χ1n) is 10.3. The second-order valence-corrected chi connectivity index (χ2v) is 8.85. The van der Waals surface area contributed by atoms with Gasteiger partial charge in [-0.3, -0.25) is 9.59 Å². The zero-order chi connectivity index (χ0) is 22.2. The Hall–Kier alpha value is -3.02. The zero-order valence-corrected chi connectivity index (χ0v) is 18.9. The quantitative estimate of drug-likeness (QED) is 0.612. The number of fused-ring (bicyclic) bond motifs is 1. The van der Waals surface area contributed by atoms with Gasteiger partial charge in [0.15, 0.2) is 11.4 Å². The summed E-state index contributed by atoms with van der Waals surface area (Å²) >= 11 is 0. The van der Waals surface area contributed by atoms with E-state index in [2.05, 4.69) is 33.0 Å². The minimum absolute atomic E-state index is 0.00629. The lowest BCUT2D eigenvalue weighted by molar-refractivity contribution is -0.116. The third-order valence-electron chi connectivity index (χ3n) is 5.39. The molecule has 0 saturated carbocycles. The summed E-state index contributed by atoms with van der Waals surface area (Å²) < 4.78 is 1.98. The van der Waals surface area contributed by atoms with Crippen molar-refractivity contribution in [2.75, 3.05) is 5.32 Å². The van der Waals surface area contributed by atoms with Crippen molar-refractivity contribution in [2.24, 2.45) is 0 Å². The SMILES string of the molecule is CC(=O)c1ccc(NC(=O)CCc2c(C)nc3c(c(C)nn3C(C)(C)C)c2C)cc1. The van der Waals surface area contributed by atoms with Gasteiger partial charge in [0.2, 0.25) is 5.91 Å². The number of carbonyl (C=O) groups is 2. The lowest BCUT2D eigenvalue weighted by Crippen LogP contribution is -2.23. The molecular formula is C24H30N4O2. The Morgan fingerprint density at radius 3 is 2.23 bits per heavy atom. The second-order valence-electron chi connectivity index (χ2n) is 8.85. The Morgan fingerprint density at radius 1 is 1.03 bits per heavy atom. The molecule has 1 aromatic carbocycles. The molecule has 0 fully saturated rings. The number of carbonyl (C=O) groups excluding carboxylic acids is 2. The number of aryl methyl sites for hydroxylation is 3. The van der Waals surface area contributed by atoms with E-state index < -0.39 is 0 Å². The van der Waals surface area contributed by atoms with E-state index in [1.165, 1.54) is 6.92 Å². The third-order valence-corrected chi connectivity index (χ3v) is 5.39. The van der Waals surface area contributed by atoms with Gasteiger partial charge in [-0.15, -0.1) is 0 Å². The van der Waals surface area contributed by atoms with Crippen LogP contribution in [-0.4, -0.2) is 26.5 Å². The number of rotatable bonds is 5. The summed E-state index contributed by atoms with van der Waals surface area (Å²) in [5.41, 5.74) is 6.20. The second kappa shape index (κ2) is 8.01. The first-order valence-corrected chi connectivity index (χ1v) is 10.3. The van der Waals surface area contributed by atoms with Gasteiger partial charge in [0.05, 0.1) is 11.2 Å². The molecule has 0 bridgehead atoms. The molecule has 3 aromatic rings. The van der Waals surface area contributed by atoms with Crippen LogP contribution in [0.2, 0.25) is 0 Å². The number of hydrogen-bond donors (Lipinski definition) is 1. The van der Waals surface area contributed by atoms with E-state index in [1.54, 1.807) is 24.3 Å². The van der Waals surface area contributed by atoms with Crippen LogP contribution in [0.3, 0.4) is 0 Å². The van der Waals surface area contributed by atoms with Crippen molar-refractivity contribution < 1.29 is 9.59 Å². The van der Waals surface area contributed by atoms with Crippen LogP contribution in [0.1, 0.15) is 67.0 Å². The molecule has 0 atom stereocenters. The summed E-state index contributed by atoms with van der Waals surface area (Å²) in [6, 6.07) is 6.95. The molecular weight excluding hydrogens is 376 g/mol. The Balaban J connectivity index is 1.79. The summed E-state index contributed by atoms with van der Waals surface area (Å²) in [7, 11) is 0. The molecule has 158 valence electrons. The molecule has 0 saturated heterocycles. The number of benzene rings is 1. The highest BCUT2D eigenvalue weighted by Gasteiger charge is 2.23. The molecule has 0 aliphatic rings. The van der Waals surface area contributed by atoms with Gasteiger partial charge in [0.25, 0.3) is 0 Å². The van der Waals surface area contributed by atoms with E-state index in [0.717, 1.165) is 33.5 Å². The minimum Gasteiger partial charge on any atom is -0.326 e. The maximum Gasteiger partial charge on any atom is 0.224 e. The van der Waals surface area contributed by atoms with Gasteiger partial charge >= 0.3 is 0 Å². The van der Waals surface area contributed by atoms with Crippen LogP contribution >= 0.6 is 0 Å². The van der Waals surface area contributed by atoms with E-state index in [9.17, 15) is 9.59 Å². The van der Waals surface area contributed by atoms with E-state index >= 15 is 0 Å². The number of amides is 1. The van der Waals surface area contributed by atoms with Crippen LogP contribution in [0.4, 0.5) is 5.69 Å². The van der Waals surface area contributed by atoms with Gasteiger partial charge in [-0.1, -0.05) is 0 Å². The van der Waals surface area contributed by atoms with Crippen molar-refractivity contribution in [1.29, 1.82) is 0 Å². The fourth-order valence-electron chi connectivity index (χ4n) is 3.79. The first kappa shape index (κ1) is 21.7. The van der Waals surface area contributed by atoms with Crippen LogP contribution in [0.15, 0.2) is 24.3 Å². The number of hydrogen-bond acceptors (Lipinski definition) is 4. The Bertz CT molecular complexity index is 1120. The molecule has 0 aliphatic heterocycles. The van der Waals surface area contributed by atoms with E-state index in [1.807, 2.05) is 18.5 Å². The summed E-state index contributed by atoms with van der Waals surface area (Å²) in [5, 5.41) is 8.70. The molecule has 6 heteroatoms. The molecule has 0 aliphatic carbocycles. The Morgan fingerprint density at radius 2 is 1.67 bits per heavy atom. The highest BCUT2D eigenvalue weighted by atomic mass is 16.1.